The topological polar surface area (TPSA) is 0 Å². The predicted octanol–water partition coefficient (Wildman–Crippen LogP) is 2.58. The molecule has 0 spiro atoms. The SMILES string of the molecule is [Mo][P](c1ccccc1)c1ccccc1. The van der Waals surface area contributed by atoms with Crippen LogP contribution in [0.15, 0.2) is 60.7 Å². The third kappa shape index (κ3) is 2.32. The summed E-state index contributed by atoms with van der Waals surface area (Å²) < 4.78 is 0. The van der Waals surface area contributed by atoms with Gasteiger partial charge in [0.1, 0.15) is 0 Å². The van der Waals surface area contributed by atoms with Crippen LogP contribution in [0.5, 0.6) is 0 Å². The third-order valence-corrected chi connectivity index (χ3v) is 6.62. The average molecular weight is 281 g/mol. The van der Waals surface area contributed by atoms with Gasteiger partial charge < -0.3 is 0 Å². The van der Waals surface area contributed by atoms with Gasteiger partial charge in [0, 0.05) is 0 Å². The minimum atomic E-state index is -0.161. The molecule has 69 valence electrons. The Labute approximate surface area is 96.5 Å². The molecule has 0 N–H and O–H groups in total. The molecule has 0 bridgehead atoms. The van der Waals surface area contributed by atoms with E-state index in [4.69, 9.17) is 0 Å². The molecule has 0 aliphatic carbocycles. The Bertz CT molecular complexity index is 346. The first-order valence-electron chi connectivity index (χ1n) is 4.45. The van der Waals surface area contributed by atoms with E-state index in [1.807, 2.05) is 0 Å². The fourth-order valence-corrected chi connectivity index (χ4v) is 4.25. The fourth-order valence-electron chi connectivity index (χ4n) is 1.28. The standard InChI is InChI=1S/C12H10P.Mo/c1-3-7-11(8-4-1)13-12-9-5-2-6-10-12;/h1-10H;/q-1;+1. The normalized spacial score (nSPS) is 10.4. The van der Waals surface area contributed by atoms with Gasteiger partial charge in [-0.25, -0.2) is 0 Å². The monoisotopic (exact) mass is 283 g/mol. The van der Waals surface area contributed by atoms with Gasteiger partial charge >= 0.3 is 96.6 Å². The molecule has 2 aromatic carbocycles. The minimum absolute atomic E-state index is 0.161. The Morgan fingerprint density at radius 1 is 0.643 bits per heavy atom. The van der Waals surface area contributed by atoms with E-state index in [2.05, 4.69) is 80.0 Å². The van der Waals surface area contributed by atoms with Crippen molar-refractivity contribution in [3.63, 3.8) is 0 Å². The molecule has 0 aliphatic heterocycles. The number of rotatable bonds is 2. The quantitative estimate of drug-likeness (QED) is 0.586. The zero-order chi connectivity index (χ0) is 9.80. The summed E-state index contributed by atoms with van der Waals surface area (Å²) in [5.74, 6) is 0. The molecule has 0 aromatic heterocycles. The van der Waals surface area contributed by atoms with Crippen LogP contribution in [0.3, 0.4) is 0 Å². The second-order valence-corrected chi connectivity index (χ2v) is 7.28. The van der Waals surface area contributed by atoms with Crippen molar-refractivity contribution in [1.29, 1.82) is 0 Å². The Morgan fingerprint density at radius 3 is 1.36 bits per heavy atom. The van der Waals surface area contributed by atoms with E-state index in [0.717, 1.165) is 0 Å². The van der Waals surface area contributed by atoms with E-state index < -0.39 is 0 Å². The molecule has 0 atom stereocenters. The molecule has 0 nitrogen and oxygen atoms in total. The molecule has 2 aromatic rings. The van der Waals surface area contributed by atoms with Crippen LogP contribution in [0.25, 0.3) is 0 Å². The van der Waals surface area contributed by atoms with Gasteiger partial charge in [-0.1, -0.05) is 0 Å². The summed E-state index contributed by atoms with van der Waals surface area (Å²) in [5.41, 5.74) is 0. The molecular formula is C12H10MoP. The summed E-state index contributed by atoms with van der Waals surface area (Å²) in [6, 6.07) is 21.3. The van der Waals surface area contributed by atoms with Crippen molar-refractivity contribution in [2.45, 2.75) is 0 Å². The van der Waals surface area contributed by atoms with Crippen molar-refractivity contribution in [2.75, 3.05) is 0 Å². The summed E-state index contributed by atoms with van der Waals surface area (Å²) in [6.07, 6.45) is 0. The molecule has 14 heavy (non-hydrogen) atoms. The van der Waals surface area contributed by atoms with Crippen LogP contribution in [-0.2, 0) is 19.3 Å². The van der Waals surface area contributed by atoms with Crippen LogP contribution < -0.4 is 10.6 Å². The molecule has 0 radical (unpaired) electrons. The maximum atomic E-state index is 2.23. The molecule has 0 saturated carbocycles. The van der Waals surface area contributed by atoms with Crippen LogP contribution in [0.4, 0.5) is 0 Å². The summed E-state index contributed by atoms with van der Waals surface area (Å²) in [4.78, 5) is 0. The van der Waals surface area contributed by atoms with E-state index in [0.29, 0.717) is 0 Å². The zero-order valence-corrected chi connectivity index (χ0v) is 10.5. The van der Waals surface area contributed by atoms with Gasteiger partial charge in [0.25, 0.3) is 0 Å². The van der Waals surface area contributed by atoms with Gasteiger partial charge in [-0.05, 0) is 0 Å². The van der Waals surface area contributed by atoms with Gasteiger partial charge in [0.2, 0.25) is 0 Å². The van der Waals surface area contributed by atoms with Crippen molar-refractivity contribution in [1.82, 2.24) is 0 Å². The molecule has 0 saturated heterocycles. The van der Waals surface area contributed by atoms with Gasteiger partial charge in [-0.2, -0.15) is 0 Å². The summed E-state index contributed by atoms with van der Waals surface area (Å²) in [5, 5.41) is 2.89. The third-order valence-electron chi connectivity index (χ3n) is 1.98. The van der Waals surface area contributed by atoms with E-state index >= 15 is 0 Å². The van der Waals surface area contributed by atoms with Crippen molar-refractivity contribution < 1.29 is 19.3 Å². The van der Waals surface area contributed by atoms with Gasteiger partial charge in [-0.3, -0.25) is 0 Å². The molecular weight excluding hydrogens is 271 g/mol. The summed E-state index contributed by atoms with van der Waals surface area (Å²) in [6.45, 7) is 0. The number of hydrogen-bond acceptors (Lipinski definition) is 0. The first-order chi connectivity index (χ1) is 6.88. The summed E-state index contributed by atoms with van der Waals surface area (Å²) >= 11 is 2.23. The molecule has 2 heteroatoms. The van der Waals surface area contributed by atoms with E-state index in [1.165, 1.54) is 10.6 Å². The van der Waals surface area contributed by atoms with E-state index in [9.17, 15) is 0 Å². The van der Waals surface area contributed by atoms with Crippen LogP contribution in [0, 0.1) is 0 Å². The Morgan fingerprint density at radius 2 is 1.00 bits per heavy atom. The van der Waals surface area contributed by atoms with Crippen LogP contribution in [0.1, 0.15) is 0 Å². The zero-order valence-electron chi connectivity index (χ0n) is 7.63. The Balaban J connectivity index is 2.30. The molecule has 0 aliphatic rings. The molecule has 0 fully saturated rings. The second-order valence-electron chi connectivity index (χ2n) is 2.97. The molecule has 0 heterocycles. The van der Waals surface area contributed by atoms with E-state index in [-0.39, 0.29) is 6.01 Å². The van der Waals surface area contributed by atoms with Crippen LogP contribution >= 0.6 is 6.01 Å². The molecule has 0 unspecified atom stereocenters. The number of benzene rings is 2. The molecule has 2 rings (SSSR count). The van der Waals surface area contributed by atoms with Crippen molar-refractivity contribution >= 4 is 16.6 Å². The van der Waals surface area contributed by atoms with Gasteiger partial charge in [0.15, 0.2) is 0 Å². The van der Waals surface area contributed by atoms with Crippen LogP contribution in [-0.4, -0.2) is 0 Å². The van der Waals surface area contributed by atoms with Gasteiger partial charge in [0.05, 0.1) is 0 Å². The Kier molecular flexibility index (Phi) is 3.51. The average Bonchev–Trinajstić information content (AvgIpc) is 2.30. The first-order valence-corrected chi connectivity index (χ1v) is 8.40. The van der Waals surface area contributed by atoms with Crippen molar-refractivity contribution in [3.8, 4) is 0 Å². The fraction of sp³-hybridized carbons (Fsp3) is 0. The van der Waals surface area contributed by atoms with E-state index in [1.54, 1.807) is 0 Å². The van der Waals surface area contributed by atoms with Crippen LogP contribution in [0.2, 0.25) is 0 Å². The summed E-state index contributed by atoms with van der Waals surface area (Å²) in [7, 11) is 0. The Hall–Kier alpha value is -0.442. The number of hydrogen-bond donors (Lipinski definition) is 0. The van der Waals surface area contributed by atoms with Crippen molar-refractivity contribution in [3.05, 3.63) is 60.7 Å². The predicted molar refractivity (Wildman–Crippen MR) is 59.1 cm³/mol. The maximum absolute atomic E-state index is 2.23. The van der Waals surface area contributed by atoms with Gasteiger partial charge in [-0.15, -0.1) is 0 Å². The second kappa shape index (κ2) is 4.87. The first kappa shape index (κ1) is 10.1. The van der Waals surface area contributed by atoms with Crippen molar-refractivity contribution in [2.24, 2.45) is 0 Å². The molecule has 0 amide bonds.